The van der Waals surface area contributed by atoms with E-state index in [1.807, 2.05) is 0 Å². The number of nitrogens with zero attached hydrogens (tertiary/aromatic N) is 2. The van der Waals surface area contributed by atoms with E-state index in [0.29, 0.717) is 22.5 Å². The first kappa shape index (κ1) is 22.3. The van der Waals surface area contributed by atoms with Gasteiger partial charge in [0.15, 0.2) is 0 Å². The zero-order valence-electron chi connectivity index (χ0n) is 18.1. The Morgan fingerprint density at radius 1 is 0.667 bits per heavy atom. The molecule has 8 nitrogen and oxygen atoms in total. The minimum Gasteiger partial charge on any atom is -0.465 e. The van der Waals surface area contributed by atoms with Crippen LogP contribution in [0.15, 0.2) is 72.8 Å². The van der Waals surface area contributed by atoms with Crippen molar-refractivity contribution in [1.29, 1.82) is 0 Å². The third-order valence-corrected chi connectivity index (χ3v) is 7.14. The molecule has 170 valence electrons. The predicted molar refractivity (Wildman–Crippen MR) is 123 cm³/mol. The van der Waals surface area contributed by atoms with Crippen LogP contribution in [-0.2, 0) is 32.8 Å². The van der Waals surface area contributed by atoms with Crippen molar-refractivity contribution in [3.63, 3.8) is 0 Å². The van der Waals surface area contributed by atoms with Crippen molar-refractivity contribution in [2.45, 2.75) is 13.1 Å². The zero-order chi connectivity index (χ0) is 23.6. The molecule has 0 aliphatic carbocycles. The summed E-state index contributed by atoms with van der Waals surface area (Å²) < 4.78 is 39.1. The molecule has 1 aliphatic heterocycles. The molecule has 0 amide bonds. The summed E-state index contributed by atoms with van der Waals surface area (Å²) in [5.41, 5.74) is 3.38. The molecule has 0 spiro atoms. The Bertz CT molecular complexity index is 1190. The molecular weight excluding hydrogens is 444 g/mol. The number of hydrogen-bond donors (Lipinski definition) is 0. The first-order valence-corrected chi connectivity index (χ1v) is 11.5. The highest BCUT2D eigenvalue weighted by molar-refractivity contribution is 7.94. The lowest BCUT2D eigenvalue weighted by Crippen LogP contribution is -2.37. The van der Waals surface area contributed by atoms with Gasteiger partial charge in [0, 0.05) is 0 Å². The maximum absolute atomic E-state index is 13.5. The minimum atomic E-state index is -3.86. The van der Waals surface area contributed by atoms with E-state index in [-0.39, 0.29) is 13.1 Å². The molecule has 1 aliphatic rings. The van der Waals surface area contributed by atoms with Crippen LogP contribution in [0.2, 0.25) is 0 Å². The Kier molecular flexibility index (Phi) is 6.06. The lowest BCUT2D eigenvalue weighted by atomic mass is 10.1. The van der Waals surface area contributed by atoms with Crippen LogP contribution in [0.3, 0.4) is 0 Å². The Morgan fingerprint density at radius 3 is 1.36 bits per heavy atom. The molecule has 0 unspecified atom stereocenters. The van der Waals surface area contributed by atoms with E-state index in [1.54, 1.807) is 72.8 Å². The summed E-state index contributed by atoms with van der Waals surface area (Å²) in [6.45, 7) is 0.219. The second-order valence-corrected chi connectivity index (χ2v) is 9.16. The maximum atomic E-state index is 13.5. The van der Waals surface area contributed by atoms with Gasteiger partial charge in [-0.2, -0.15) is 8.42 Å². The van der Waals surface area contributed by atoms with Crippen molar-refractivity contribution in [1.82, 2.24) is 0 Å². The van der Waals surface area contributed by atoms with Crippen LogP contribution in [0.4, 0.5) is 11.4 Å². The van der Waals surface area contributed by atoms with Crippen molar-refractivity contribution in [3.05, 3.63) is 95.1 Å². The standard InChI is InChI=1S/C24H22N2O6S/c1-31-23(27)19-11-7-17(8-12-19)15-25-21-5-3-4-6-22(21)26(33(25,29)30)16-18-9-13-20(14-10-18)24(28)32-2/h3-14H,15-16H2,1-2H3. The van der Waals surface area contributed by atoms with Crippen molar-refractivity contribution < 1.29 is 27.5 Å². The number of carbonyl (C=O) groups excluding carboxylic acids is 2. The van der Waals surface area contributed by atoms with Crippen LogP contribution in [-0.4, -0.2) is 34.6 Å². The van der Waals surface area contributed by atoms with Gasteiger partial charge < -0.3 is 9.47 Å². The van der Waals surface area contributed by atoms with Gasteiger partial charge in [0.05, 0.1) is 49.8 Å². The molecule has 0 saturated heterocycles. The smallest absolute Gasteiger partial charge is 0.337 e. The van der Waals surface area contributed by atoms with E-state index in [9.17, 15) is 18.0 Å². The number of carbonyl (C=O) groups is 2. The Balaban J connectivity index is 1.62. The van der Waals surface area contributed by atoms with Crippen molar-refractivity contribution in [2.24, 2.45) is 0 Å². The van der Waals surface area contributed by atoms with Gasteiger partial charge in [-0.1, -0.05) is 36.4 Å². The fourth-order valence-electron chi connectivity index (χ4n) is 3.65. The molecule has 4 rings (SSSR count). The number of hydrogen-bond acceptors (Lipinski definition) is 6. The number of ether oxygens (including phenoxy) is 2. The molecule has 0 radical (unpaired) electrons. The molecule has 9 heteroatoms. The molecule has 33 heavy (non-hydrogen) atoms. The fraction of sp³-hybridized carbons (Fsp3) is 0.167. The monoisotopic (exact) mass is 466 g/mol. The molecule has 3 aromatic carbocycles. The van der Waals surface area contributed by atoms with Gasteiger partial charge >= 0.3 is 22.1 Å². The molecule has 0 aromatic heterocycles. The maximum Gasteiger partial charge on any atom is 0.337 e. The summed E-state index contributed by atoms with van der Waals surface area (Å²) in [6.07, 6.45) is 0. The topological polar surface area (TPSA) is 93.2 Å². The summed E-state index contributed by atoms with van der Waals surface area (Å²) in [5, 5.41) is 0. The van der Waals surface area contributed by atoms with Crippen LogP contribution in [0.1, 0.15) is 31.8 Å². The summed E-state index contributed by atoms with van der Waals surface area (Å²) in [7, 11) is -1.25. The zero-order valence-corrected chi connectivity index (χ0v) is 18.9. The molecule has 0 atom stereocenters. The number of para-hydroxylation sites is 2. The van der Waals surface area contributed by atoms with Gasteiger partial charge in [-0.05, 0) is 47.5 Å². The number of rotatable bonds is 6. The number of fused-ring (bicyclic) bond motifs is 1. The fourth-order valence-corrected chi connectivity index (χ4v) is 5.32. The van der Waals surface area contributed by atoms with E-state index in [2.05, 4.69) is 0 Å². The Hall–Kier alpha value is -3.85. The number of esters is 2. The lowest BCUT2D eigenvalue weighted by Gasteiger charge is -2.22. The Morgan fingerprint density at radius 2 is 1.03 bits per heavy atom. The summed E-state index contributed by atoms with van der Waals surface area (Å²) in [4.78, 5) is 23.3. The molecule has 0 bridgehead atoms. The van der Waals surface area contributed by atoms with Gasteiger partial charge in [-0.25, -0.2) is 18.2 Å². The van der Waals surface area contributed by atoms with Crippen LogP contribution in [0.25, 0.3) is 0 Å². The van der Waals surface area contributed by atoms with E-state index in [0.717, 1.165) is 11.1 Å². The van der Waals surface area contributed by atoms with Crippen LogP contribution in [0.5, 0.6) is 0 Å². The lowest BCUT2D eigenvalue weighted by molar-refractivity contribution is 0.0592. The van der Waals surface area contributed by atoms with Crippen molar-refractivity contribution in [3.8, 4) is 0 Å². The van der Waals surface area contributed by atoms with E-state index >= 15 is 0 Å². The second kappa shape index (κ2) is 8.95. The molecular formula is C24H22N2O6S. The SMILES string of the molecule is COC(=O)c1ccc(CN2c3ccccc3N(Cc3ccc(C(=O)OC)cc3)S2(=O)=O)cc1. The van der Waals surface area contributed by atoms with Gasteiger partial charge in [-0.15, -0.1) is 0 Å². The molecule has 0 saturated carbocycles. The van der Waals surface area contributed by atoms with Gasteiger partial charge in [0.25, 0.3) is 0 Å². The van der Waals surface area contributed by atoms with Gasteiger partial charge in [0.1, 0.15) is 0 Å². The third kappa shape index (κ3) is 4.27. The van der Waals surface area contributed by atoms with E-state index in [1.165, 1.54) is 22.8 Å². The second-order valence-electron chi connectivity index (χ2n) is 7.39. The average molecular weight is 467 g/mol. The highest BCUT2D eigenvalue weighted by Crippen LogP contribution is 2.42. The van der Waals surface area contributed by atoms with Crippen molar-refractivity contribution in [2.75, 3.05) is 22.8 Å². The van der Waals surface area contributed by atoms with Gasteiger partial charge in [0.2, 0.25) is 0 Å². The summed E-state index contributed by atoms with van der Waals surface area (Å²) in [5.74, 6) is -0.907. The summed E-state index contributed by atoms with van der Waals surface area (Å²) in [6, 6.07) is 20.4. The average Bonchev–Trinajstić information content (AvgIpc) is 3.05. The predicted octanol–water partition coefficient (Wildman–Crippen LogP) is 3.53. The number of methoxy groups -OCH3 is 2. The van der Waals surface area contributed by atoms with Crippen molar-refractivity contribution >= 4 is 33.5 Å². The largest absolute Gasteiger partial charge is 0.465 e. The van der Waals surface area contributed by atoms with Crippen LogP contribution < -0.4 is 8.61 Å². The van der Waals surface area contributed by atoms with E-state index in [4.69, 9.17) is 9.47 Å². The first-order chi connectivity index (χ1) is 15.8. The minimum absolute atomic E-state index is 0.110. The van der Waals surface area contributed by atoms with E-state index < -0.39 is 22.1 Å². The number of anilines is 2. The third-order valence-electron chi connectivity index (χ3n) is 5.38. The summed E-state index contributed by atoms with van der Waals surface area (Å²) >= 11 is 0. The molecule has 0 N–H and O–H groups in total. The highest BCUT2D eigenvalue weighted by Gasteiger charge is 2.40. The molecule has 1 heterocycles. The van der Waals surface area contributed by atoms with Crippen LogP contribution in [0, 0.1) is 0 Å². The first-order valence-electron chi connectivity index (χ1n) is 10.1. The Labute approximate surface area is 192 Å². The molecule has 0 fully saturated rings. The van der Waals surface area contributed by atoms with Crippen LogP contribution >= 0.6 is 0 Å². The number of benzene rings is 3. The normalized spacial score (nSPS) is 14.0. The van der Waals surface area contributed by atoms with Gasteiger partial charge in [-0.3, -0.25) is 0 Å². The molecule has 3 aromatic rings. The highest BCUT2D eigenvalue weighted by atomic mass is 32.2. The quantitative estimate of drug-likeness (QED) is 0.516.